The largest absolute Gasteiger partial charge is 0.274 e. The highest BCUT2D eigenvalue weighted by Gasteiger charge is 2.21. The molecule has 7 heteroatoms. The van der Waals surface area contributed by atoms with Crippen LogP contribution in [0.3, 0.4) is 0 Å². The zero-order chi connectivity index (χ0) is 16.3. The van der Waals surface area contributed by atoms with Crippen molar-refractivity contribution in [3.63, 3.8) is 0 Å². The van der Waals surface area contributed by atoms with Gasteiger partial charge in [-0.15, -0.1) is 11.3 Å². The van der Waals surface area contributed by atoms with E-state index in [-0.39, 0.29) is 10.6 Å². The molecule has 22 heavy (non-hydrogen) atoms. The molecule has 1 N–H and O–H groups in total. The van der Waals surface area contributed by atoms with Crippen LogP contribution >= 0.6 is 11.3 Å². The van der Waals surface area contributed by atoms with Crippen molar-refractivity contribution in [1.29, 1.82) is 0 Å². The van der Waals surface area contributed by atoms with E-state index in [9.17, 15) is 17.6 Å². The van der Waals surface area contributed by atoms with Crippen LogP contribution in [0, 0.1) is 12.7 Å². The van der Waals surface area contributed by atoms with Gasteiger partial charge in [0, 0.05) is 11.3 Å². The van der Waals surface area contributed by atoms with Gasteiger partial charge in [0.25, 0.3) is 10.0 Å². The fourth-order valence-electron chi connectivity index (χ4n) is 2.06. The molecule has 4 nitrogen and oxygen atoms in total. The molecule has 2 aromatic rings. The Bertz CT molecular complexity index is 784. The molecule has 1 aromatic carbocycles. The minimum absolute atomic E-state index is 0.0943. The third-order valence-electron chi connectivity index (χ3n) is 3.16. The zero-order valence-electron chi connectivity index (χ0n) is 12.2. The molecule has 0 saturated heterocycles. The fourth-order valence-corrected chi connectivity index (χ4v) is 4.34. The van der Waals surface area contributed by atoms with Crippen LogP contribution in [0.15, 0.2) is 40.6 Å². The molecule has 1 heterocycles. The Balaban J connectivity index is 2.06. The molecule has 0 fully saturated rings. The molecule has 118 valence electrons. The highest BCUT2D eigenvalue weighted by molar-refractivity contribution is 7.92. The van der Waals surface area contributed by atoms with Crippen LogP contribution < -0.4 is 4.72 Å². The van der Waals surface area contributed by atoms with Crippen LogP contribution in [0.2, 0.25) is 0 Å². The molecule has 0 aliphatic rings. The van der Waals surface area contributed by atoms with E-state index < -0.39 is 27.7 Å². The fraction of sp³-hybridized carbons (Fsp3) is 0.267. The van der Waals surface area contributed by atoms with Crippen LogP contribution in [0.4, 0.5) is 4.39 Å². The molecule has 0 aliphatic carbocycles. The number of rotatable bonds is 5. The van der Waals surface area contributed by atoms with Gasteiger partial charge < -0.3 is 0 Å². The second kappa shape index (κ2) is 6.58. The molecule has 0 saturated carbocycles. The molecule has 0 aliphatic heterocycles. The quantitative estimate of drug-likeness (QED) is 0.908. The zero-order valence-corrected chi connectivity index (χ0v) is 13.8. The Kier molecular flexibility index (Phi) is 4.97. The molecule has 0 spiro atoms. The number of carbonyl (C=O) groups excluding carboxylic acids is 1. The number of sulfonamides is 1. The van der Waals surface area contributed by atoms with E-state index in [1.54, 1.807) is 38.1 Å². The first kappa shape index (κ1) is 16.6. The van der Waals surface area contributed by atoms with Crippen molar-refractivity contribution in [2.24, 2.45) is 0 Å². The summed E-state index contributed by atoms with van der Waals surface area (Å²) < 4.78 is 39.9. The Morgan fingerprint density at radius 2 is 1.95 bits per heavy atom. The highest BCUT2D eigenvalue weighted by atomic mass is 32.2. The van der Waals surface area contributed by atoms with Crippen molar-refractivity contribution in [3.8, 4) is 0 Å². The first-order valence-electron chi connectivity index (χ1n) is 6.66. The van der Waals surface area contributed by atoms with Gasteiger partial charge in [-0.25, -0.2) is 17.5 Å². The molecular formula is C15H16FNO3S2. The van der Waals surface area contributed by atoms with Crippen LogP contribution in [-0.2, 0) is 14.8 Å². The molecule has 1 atom stereocenters. The summed E-state index contributed by atoms with van der Waals surface area (Å²) in [5.74, 6) is -1.47. The number of amides is 1. The second-order valence-electron chi connectivity index (χ2n) is 5.02. The number of nitrogens with one attached hydrogen (secondary N) is 1. The SMILES string of the molecule is Cc1ccc(S(=O)(=O)NC(=O)C[C@H](C)c2ccccc2F)s1. The van der Waals surface area contributed by atoms with Crippen molar-refractivity contribution < 1.29 is 17.6 Å². The molecule has 2 rings (SSSR count). The normalized spacial score (nSPS) is 12.9. The summed E-state index contributed by atoms with van der Waals surface area (Å²) in [4.78, 5) is 12.8. The lowest BCUT2D eigenvalue weighted by molar-refractivity contribution is -0.119. The Hall–Kier alpha value is -1.73. The summed E-state index contributed by atoms with van der Waals surface area (Å²) in [6, 6.07) is 9.27. The number of carbonyl (C=O) groups is 1. The monoisotopic (exact) mass is 341 g/mol. The maximum Gasteiger partial charge on any atom is 0.273 e. The number of aryl methyl sites for hydroxylation is 1. The summed E-state index contributed by atoms with van der Waals surface area (Å²) in [6.07, 6.45) is -0.107. The van der Waals surface area contributed by atoms with E-state index in [0.717, 1.165) is 16.2 Å². The molecule has 0 radical (unpaired) electrons. The topological polar surface area (TPSA) is 63.2 Å². The lowest BCUT2D eigenvalue weighted by Crippen LogP contribution is -2.30. The first-order valence-corrected chi connectivity index (χ1v) is 8.96. The van der Waals surface area contributed by atoms with Crippen molar-refractivity contribution in [2.45, 2.75) is 30.4 Å². The van der Waals surface area contributed by atoms with E-state index in [2.05, 4.69) is 0 Å². The second-order valence-corrected chi connectivity index (χ2v) is 8.22. The average Bonchev–Trinajstić information content (AvgIpc) is 2.86. The maximum absolute atomic E-state index is 13.6. The van der Waals surface area contributed by atoms with Crippen molar-refractivity contribution in [3.05, 3.63) is 52.7 Å². The van der Waals surface area contributed by atoms with Crippen LogP contribution in [-0.4, -0.2) is 14.3 Å². The van der Waals surface area contributed by atoms with Gasteiger partial charge in [-0.05, 0) is 36.6 Å². The summed E-state index contributed by atoms with van der Waals surface area (Å²) in [7, 11) is -3.85. The third kappa shape index (κ3) is 3.92. The Morgan fingerprint density at radius 1 is 1.27 bits per heavy atom. The smallest absolute Gasteiger partial charge is 0.273 e. The number of hydrogen-bond acceptors (Lipinski definition) is 4. The average molecular weight is 341 g/mol. The third-order valence-corrected chi connectivity index (χ3v) is 6.02. The van der Waals surface area contributed by atoms with Gasteiger partial charge >= 0.3 is 0 Å². The van der Waals surface area contributed by atoms with Crippen molar-refractivity contribution in [2.75, 3.05) is 0 Å². The summed E-state index contributed by atoms with van der Waals surface area (Å²) >= 11 is 1.09. The standard InChI is InChI=1S/C15H16FNO3S2/c1-10(12-5-3-4-6-13(12)16)9-14(18)17-22(19,20)15-8-7-11(2)21-15/h3-8,10H,9H2,1-2H3,(H,17,18)/t10-/m0/s1. The number of hydrogen-bond donors (Lipinski definition) is 1. The van der Waals surface area contributed by atoms with E-state index >= 15 is 0 Å². The van der Waals surface area contributed by atoms with Gasteiger partial charge in [0.05, 0.1) is 0 Å². The Morgan fingerprint density at radius 3 is 2.55 bits per heavy atom. The minimum Gasteiger partial charge on any atom is -0.274 e. The molecule has 1 aromatic heterocycles. The molecule has 1 amide bonds. The summed E-state index contributed by atoms with van der Waals surface area (Å²) in [6.45, 7) is 3.46. The summed E-state index contributed by atoms with van der Waals surface area (Å²) in [5, 5.41) is 0. The highest BCUT2D eigenvalue weighted by Crippen LogP contribution is 2.23. The van der Waals surface area contributed by atoms with Gasteiger partial charge in [0.1, 0.15) is 10.0 Å². The van der Waals surface area contributed by atoms with Crippen LogP contribution in [0.1, 0.15) is 29.7 Å². The Labute approximate surface area is 133 Å². The van der Waals surface area contributed by atoms with Crippen molar-refractivity contribution >= 4 is 27.3 Å². The lowest BCUT2D eigenvalue weighted by Gasteiger charge is -2.12. The molecular weight excluding hydrogens is 325 g/mol. The number of benzene rings is 1. The minimum atomic E-state index is -3.85. The number of thiophene rings is 1. The van der Waals surface area contributed by atoms with Gasteiger partial charge in [0.15, 0.2) is 0 Å². The van der Waals surface area contributed by atoms with Crippen molar-refractivity contribution in [1.82, 2.24) is 4.72 Å². The maximum atomic E-state index is 13.6. The lowest BCUT2D eigenvalue weighted by atomic mass is 9.97. The van der Waals surface area contributed by atoms with E-state index in [1.807, 2.05) is 4.72 Å². The predicted molar refractivity (Wildman–Crippen MR) is 83.8 cm³/mol. The number of halogens is 1. The van der Waals surface area contributed by atoms with Gasteiger partial charge in [-0.3, -0.25) is 4.79 Å². The van der Waals surface area contributed by atoms with Gasteiger partial charge in [-0.1, -0.05) is 25.1 Å². The molecule has 0 bridgehead atoms. The van der Waals surface area contributed by atoms with E-state index in [4.69, 9.17) is 0 Å². The first-order chi connectivity index (χ1) is 10.3. The van der Waals surface area contributed by atoms with Gasteiger partial charge in [0.2, 0.25) is 5.91 Å². The predicted octanol–water partition coefficient (Wildman–Crippen LogP) is 3.19. The molecule has 0 unspecified atom stereocenters. The van der Waals surface area contributed by atoms with Crippen LogP contribution in [0.5, 0.6) is 0 Å². The summed E-state index contributed by atoms with van der Waals surface area (Å²) in [5.41, 5.74) is 0.391. The van der Waals surface area contributed by atoms with Crippen LogP contribution in [0.25, 0.3) is 0 Å². The van der Waals surface area contributed by atoms with E-state index in [0.29, 0.717) is 5.56 Å². The van der Waals surface area contributed by atoms with E-state index in [1.165, 1.54) is 12.1 Å². The van der Waals surface area contributed by atoms with Gasteiger partial charge in [-0.2, -0.15) is 0 Å².